The maximum atomic E-state index is 13.0. The fourth-order valence-corrected chi connectivity index (χ4v) is 3.86. The topological polar surface area (TPSA) is 76.1 Å². The fraction of sp³-hybridized carbons (Fsp3) is 0.304. The number of aromatic nitrogens is 1. The first-order chi connectivity index (χ1) is 15.0. The molecule has 0 fully saturated rings. The third-order valence-corrected chi connectivity index (χ3v) is 5.37. The lowest BCUT2D eigenvalue weighted by Crippen LogP contribution is -2.12. The van der Waals surface area contributed by atoms with E-state index in [1.165, 1.54) is 0 Å². The summed E-state index contributed by atoms with van der Waals surface area (Å²) in [5.41, 5.74) is 3.01. The lowest BCUT2D eigenvalue weighted by molar-refractivity contribution is 0.0526. The zero-order valence-corrected chi connectivity index (χ0v) is 19.7. The number of hydrogen-bond acceptors (Lipinski definition) is 7. The largest absolute Gasteiger partial charge is 0.493 e. The quantitative estimate of drug-likeness (QED) is 0.325. The Bertz CT molecular complexity index is 1120. The van der Waals surface area contributed by atoms with E-state index in [1.807, 2.05) is 18.2 Å². The van der Waals surface area contributed by atoms with E-state index in [-0.39, 0.29) is 6.61 Å². The number of alkyl halides is 1. The summed E-state index contributed by atoms with van der Waals surface area (Å²) >= 11 is 3.46. The normalized spacial score (nSPS) is 10.6. The number of hydrogen-bond donors (Lipinski definition) is 0. The van der Waals surface area contributed by atoms with Crippen LogP contribution in [0, 0.1) is 0 Å². The Morgan fingerprint density at radius 1 is 0.903 bits per heavy atom. The molecule has 1 aromatic heterocycles. The molecule has 0 aliphatic heterocycles. The number of esters is 1. The van der Waals surface area contributed by atoms with Gasteiger partial charge in [-0.25, -0.2) is 4.79 Å². The Balaban J connectivity index is 2.47. The second kappa shape index (κ2) is 9.87. The van der Waals surface area contributed by atoms with Crippen molar-refractivity contribution in [2.45, 2.75) is 12.3 Å². The molecular formula is C23H24BrNO6. The summed E-state index contributed by atoms with van der Waals surface area (Å²) in [5.74, 6) is 1.75. The summed E-state index contributed by atoms with van der Waals surface area (Å²) in [6.45, 7) is 2.01. The van der Waals surface area contributed by atoms with E-state index in [2.05, 4.69) is 15.9 Å². The maximum Gasteiger partial charge on any atom is 0.340 e. The summed E-state index contributed by atoms with van der Waals surface area (Å²) in [5, 5.41) is 1.09. The lowest BCUT2D eigenvalue weighted by Gasteiger charge is -2.18. The van der Waals surface area contributed by atoms with Gasteiger partial charge in [-0.05, 0) is 30.7 Å². The van der Waals surface area contributed by atoms with Crippen molar-refractivity contribution >= 4 is 32.8 Å². The Morgan fingerprint density at radius 2 is 1.52 bits per heavy atom. The third kappa shape index (κ3) is 4.25. The molecule has 7 nitrogen and oxygen atoms in total. The number of nitrogens with zero attached hydrogens (tertiary/aromatic N) is 1. The summed E-state index contributed by atoms with van der Waals surface area (Å²) in [4.78, 5) is 17.7. The van der Waals surface area contributed by atoms with Gasteiger partial charge in [-0.15, -0.1) is 0 Å². The van der Waals surface area contributed by atoms with Gasteiger partial charge in [-0.1, -0.05) is 22.0 Å². The second-order valence-corrected chi connectivity index (χ2v) is 7.02. The highest BCUT2D eigenvalue weighted by molar-refractivity contribution is 9.08. The van der Waals surface area contributed by atoms with Crippen LogP contribution < -0.4 is 18.9 Å². The van der Waals surface area contributed by atoms with Gasteiger partial charge >= 0.3 is 5.97 Å². The third-order valence-electron chi connectivity index (χ3n) is 4.84. The van der Waals surface area contributed by atoms with Gasteiger partial charge in [0.25, 0.3) is 0 Å². The van der Waals surface area contributed by atoms with Crippen molar-refractivity contribution in [3.05, 3.63) is 41.6 Å². The van der Waals surface area contributed by atoms with Crippen LogP contribution in [0.3, 0.4) is 0 Å². The Hall–Kier alpha value is -3.00. The minimum Gasteiger partial charge on any atom is -0.493 e. The van der Waals surface area contributed by atoms with Gasteiger partial charge in [-0.3, -0.25) is 4.98 Å². The molecule has 0 spiro atoms. The van der Waals surface area contributed by atoms with E-state index in [0.29, 0.717) is 50.7 Å². The molecule has 0 unspecified atom stereocenters. The second-order valence-electron chi connectivity index (χ2n) is 6.46. The van der Waals surface area contributed by atoms with E-state index in [9.17, 15) is 4.79 Å². The lowest BCUT2D eigenvalue weighted by atomic mass is 9.93. The van der Waals surface area contributed by atoms with Crippen molar-refractivity contribution in [2.24, 2.45) is 0 Å². The number of rotatable bonds is 8. The monoisotopic (exact) mass is 489 g/mol. The summed E-state index contributed by atoms with van der Waals surface area (Å²) in [6, 6.07) is 9.09. The van der Waals surface area contributed by atoms with Gasteiger partial charge in [-0.2, -0.15) is 0 Å². The molecule has 0 N–H and O–H groups in total. The molecule has 8 heteroatoms. The molecule has 0 aliphatic rings. The molecule has 3 aromatic rings. The number of halogens is 1. The molecule has 0 aliphatic carbocycles. The van der Waals surface area contributed by atoms with Crippen LogP contribution in [0.2, 0.25) is 0 Å². The average molecular weight is 490 g/mol. The predicted molar refractivity (Wildman–Crippen MR) is 122 cm³/mol. The van der Waals surface area contributed by atoms with Crippen LogP contribution in [0.4, 0.5) is 0 Å². The molecule has 3 rings (SSSR count). The molecule has 0 saturated heterocycles. The van der Waals surface area contributed by atoms with E-state index in [4.69, 9.17) is 28.7 Å². The Kier molecular flexibility index (Phi) is 7.22. The summed E-state index contributed by atoms with van der Waals surface area (Å²) in [6.07, 6.45) is 0. The van der Waals surface area contributed by atoms with E-state index in [0.717, 1.165) is 10.9 Å². The zero-order chi connectivity index (χ0) is 22.5. The van der Waals surface area contributed by atoms with Crippen molar-refractivity contribution < 1.29 is 28.5 Å². The van der Waals surface area contributed by atoms with Crippen molar-refractivity contribution in [3.8, 4) is 34.1 Å². The minimum atomic E-state index is -0.453. The van der Waals surface area contributed by atoms with Gasteiger partial charge in [0.1, 0.15) is 0 Å². The van der Waals surface area contributed by atoms with Crippen LogP contribution in [-0.2, 0) is 10.1 Å². The molecular weight excluding hydrogens is 466 g/mol. The first-order valence-electron chi connectivity index (χ1n) is 9.56. The van der Waals surface area contributed by atoms with Crippen LogP contribution in [0.25, 0.3) is 22.0 Å². The number of carbonyl (C=O) groups is 1. The number of pyridine rings is 1. The number of benzene rings is 2. The van der Waals surface area contributed by atoms with Gasteiger partial charge in [0.2, 0.25) is 0 Å². The van der Waals surface area contributed by atoms with E-state index in [1.54, 1.807) is 47.5 Å². The number of ether oxygens (including phenoxy) is 5. The molecule has 0 saturated carbocycles. The highest BCUT2D eigenvalue weighted by Gasteiger charge is 2.25. The van der Waals surface area contributed by atoms with Crippen molar-refractivity contribution in [3.63, 3.8) is 0 Å². The summed E-state index contributed by atoms with van der Waals surface area (Å²) in [7, 11) is 6.27. The van der Waals surface area contributed by atoms with Gasteiger partial charge in [0.05, 0.1) is 51.8 Å². The van der Waals surface area contributed by atoms with Crippen LogP contribution in [0.5, 0.6) is 23.0 Å². The van der Waals surface area contributed by atoms with E-state index < -0.39 is 5.97 Å². The van der Waals surface area contributed by atoms with Crippen LogP contribution >= 0.6 is 15.9 Å². The molecule has 0 bridgehead atoms. The smallest absolute Gasteiger partial charge is 0.340 e. The van der Waals surface area contributed by atoms with Crippen LogP contribution in [-0.4, -0.2) is 46.0 Å². The molecule has 0 atom stereocenters. The van der Waals surface area contributed by atoms with Gasteiger partial charge in [0, 0.05) is 22.3 Å². The van der Waals surface area contributed by atoms with Crippen LogP contribution in [0.1, 0.15) is 23.0 Å². The molecule has 164 valence electrons. The van der Waals surface area contributed by atoms with Crippen molar-refractivity contribution in [2.75, 3.05) is 35.0 Å². The molecule has 31 heavy (non-hydrogen) atoms. The first kappa shape index (κ1) is 22.7. The van der Waals surface area contributed by atoms with E-state index >= 15 is 0 Å². The maximum absolute atomic E-state index is 13.0. The van der Waals surface area contributed by atoms with Gasteiger partial charge < -0.3 is 23.7 Å². The Morgan fingerprint density at radius 3 is 2.10 bits per heavy atom. The highest BCUT2D eigenvalue weighted by Crippen LogP contribution is 2.42. The fourth-order valence-electron chi connectivity index (χ4n) is 3.45. The minimum absolute atomic E-state index is 0.246. The van der Waals surface area contributed by atoms with Crippen LogP contribution in [0.15, 0.2) is 30.3 Å². The first-order valence-corrected chi connectivity index (χ1v) is 10.7. The number of methoxy groups -OCH3 is 4. The van der Waals surface area contributed by atoms with Crippen molar-refractivity contribution in [1.29, 1.82) is 0 Å². The molecule has 2 aromatic carbocycles. The summed E-state index contributed by atoms with van der Waals surface area (Å²) < 4.78 is 27.2. The van der Waals surface area contributed by atoms with Gasteiger partial charge in [0.15, 0.2) is 23.0 Å². The molecule has 0 amide bonds. The zero-order valence-electron chi connectivity index (χ0n) is 18.1. The predicted octanol–water partition coefficient (Wildman–Crippen LogP) is 5.01. The van der Waals surface area contributed by atoms with Crippen molar-refractivity contribution in [1.82, 2.24) is 4.98 Å². The molecule has 0 radical (unpaired) electrons. The highest BCUT2D eigenvalue weighted by atomic mass is 79.9. The molecule has 1 heterocycles. The standard InChI is InChI=1S/C23H24BrNO6/c1-6-31-23(26)22-16(12-24)25-15-11-20(30-5)19(29-4)10-14(15)21(22)13-7-8-17(27-2)18(9-13)28-3/h7-11H,6,12H2,1-5H3. The Labute approximate surface area is 189 Å². The average Bonchev–Trinajstić information content (AvgIpc) is 2.81. The number of fused-ring (bicyclic) bond motifs is 1. The SMILES string of the molecule is CCOC(=O)c1c(CBr)nc2cc(OC)c(OC)cc2c1-c1ccc(OC)c(OC)c1. The number of carbonyl (C=O) groups excluding carboxylic acids is 1.